The monoisotopic (exact) mass is 392 g/mol. The van der Waals surface area contributed by atoms with Gasteiger partial charge in [-0.3, -0.25) is 9.59 Å². The van der Waals surface area contributed by atoms with Crippen LogP contribution >= 0.6 is 11.6 Å². The van der Waals surface area contributed by atoms with Gasteiger partial charge in [0.25, 0.3) is 11.8 Å². The molecule has 0 saturated carbocycles. The van der Waals surface area contributed by atoms with Gasteiger partial charge >= 0.3 is 0 Å². The van der Waals surface area contributed by atoms with E-state index in [0.717, 1.165) is 5.56 Å². The highest BCUT2D eigenvalue weighted by atomic mass is 35.5. The molecular formula is C22H17ClN2O3. The Morgan fingerprint density at radius 2 is 1.82 bits per heavy atom. The molecule has 140 valence electrons. The van der Waals surface area contributed by atoms with Crippen LogP contribution in [0.25, 0.3) is 0 Å². The van der Waals surface area contributed by atoms with Crippen LogP contribution in [0.3, 0.4) is 0 Å². The molecule has 0 saturated heterocycles. The van der Waals surface area contributed by atoms with Crippen LogP contribution in [0.2, 0.25) is 5.02 Å². The first kappa shape index (κ1) is 18.1. The number of ether oxygens (including phenoxy) is 1. The molecule has 6 heteroatoms. The third-order valence-corrected chi connectivity index (χ3v) is 4.79. The summed E-state index contributed by atoms with van der Waals surface area (Å²) in [5.74, 6) is 0.533. The van der Waals surface area contributed by atoms with E-state index in [9.17, 15) is 9.59 Å². The predicted octanol–water partition coefficient (Wildman–Crippen LogP) is 5.28. The normalized spacial score (nSPS) is 12.5. The zero-order chi connectivity index (χ0) is 19.8. The molecule has 0 atom stereocenters. The summed E-state index contributed by atoms with van der Waals surface area (Å²) < 4.78 is 5.97. The molecule has 28 heavy (non-hydrogen) atoms. The van der Waals surface area contributed by atoms with Gasteiger partial charge in [0.2, 0.25) is 0 Å². The second-order valence-corrected chi connectivity index (χ2v) is 7.05. The number of fused-ring (bicyclic) bond motifs is 2. The van der Waals surface area contributed by atoms with Crippen molar-refractivity contribution in [2.75, 3.05) is 17.3 Å². The molecule has 0 fully saturated rings. The number of aryl methyl sites for hydroxylation is 1. The summed E-state index contributed by atoms with van der Waals surface area (Å²) in [4.78, 5) is 27.0. The van der Waals surface area contributed by atoms with Crippen LogP contribution in [0.5, 0.6) is 11.5 Å². The fourth-order valence-corrected chi connectivity index (χ4v) is 3.27. The summed E-state index contributed by atoms with van der Waals surface area (Å²) in [5.41, 5.74) is 3.04. The molecule has 0 aliphatic carbocycles. The highest BCUT2D eigenvalue weighted by Crippen LogP contribution is 2.39. The summed E-state index contributed by atoms with van der Waals surface area (Å²) in [6, 6.07) is 17.4. The first-order valence-corrected chi connectivity index (χ1v) is 9.08. The van der Waals surface area contributed by atoms with Gasteiger partial charge in [0.1, 0.15) is 5.75 Å². The fraction of sp³-hybridized carbons (Fsp3) is 0.0909. The maximum atomic E-state index is 13.0. The summed E-state index contributed by atoms with van der Waals surface area (Å²) in [6.45, 7) is 1.96. The van der Waals surface area contributed by atoms with Crippen molar-refractivity contribution >= 4 is 34.8 Å². The summed E-state index contributed by atoms with van der Waals surface area (Å²) in [7, 11) is 1.70. The summed E-state index contributed by atoms with van der Waals surface area (Å²) >= 11 is 5.95. The van der Waals surface area contributed by atoms with Crippen molar-refractivity contribution in [2.45, 2.75) is 6.92 Å². The third-order valence-electron chi connectivity index (χ3n) is 4.55. The molecule has 2 amide bonds. The lowest BCUT2D eigenvalue weighted by molar-refractivity contribution is 0.0990. The van der Waals surface area contributed by atoms with Crippen LogP contribution in [0.15, 0.2) is 60.7 Å². The highest BCUT2D eigenvalue weighted by Gasteiger charge is 2.26. The lowest BCUT2D eigenvalue weighted by Crippen LogP contribution is -2.25. The minimum Gasteiger partial charge on any atom is -0.454 e. The average Bonchev–Trinajstić information content (AvgIpc) is 2.78. The van der Waals surface area contributed by atoms with Gasteiger partial charge in [0.15, 0.2) is 5.75 Å². The van der Waals surface area contributed by atoms with Gasteiger partial charge in [0, 0.05) is 23.3 Å². The van der Waals surface area contributed by atoms with E-state index in [0.29, 0.717) is 39.0 Å². The Labute approximate surface area is 167 Å². The Morgan fingerprint density at radius 3 is 2.61 bits per heavy atom. The number of benzene rings is 3. The van der Waals surface area contributed by atoms with Gasteiger partial charge in [-0.15, -0.1) is 0 Å². The lowest BCUT2D eigenvalue weighted by atomic mass is 10.1. The van der Waals surface area contributed by atoms with Gasteiger partial charge < -0.3 is 15.0 Å². The van der Waals surface area contributed by atoms with Crippen LogP contribution in [0.1, 0.15) is 26.3 Å². The van der Waals surface area contributed by atoms with E-state index in [1.54, 1.807) is 54.4 Å². The Morgan fingerprint density at radius 1 is 1.04 bits per heavy atom. The quantitative estimate of drug-likeness (QED) is 0.645. The lowest BCUT2D eigenvalue weighted by Gasteiger charge is -2.16. The summed E-state index contributed by atoms with van der Waals surface area (Å²) in [5, 5.41) is 3.28. The largest absolute Gasteiger partial charge is 0.454 e. The molecule has 0 spiro atoms. The van der Waals surface area contributed by atoms with Crippen molar-refractivity contribution in [3.05, 3.63) is 82.4 Å². The molecule has 4 rings (SSSR count). The number of hydrogen-bond acceptors (Lipinski definition) is 3. The van der Waals surface area contributed by atoms with Gasteiger partial charge in [-0.25, -0.2) is 0 Å². The fourth-order valence-electron chi connectivity index (χ4n) is 3.08. The third kappa shape index (κ3) is 3.32. The zero-order valence-corrected chi connectivity index (χ0v) is 16.1. The number of amides is 2. The van der Waals surface area contributed by atoms with E-state index in [1.807, 2.05) is 25.1 Å². The van der Waals surface area contributed by atoms with Crippen molar-refractivity contribution in [2.24, 2.45) is 0 Å². The maximum absolute atomic E-state index is 13.0. The standard InChI is InChI=1S/C22H17ClN2O3/c1-13-6-8-20-18(10-13)25(2)22(27)17-12-16(7-9-19(17)28-20)24-21(26)14-4-3-5-15(23)11-14/h3-12H,1-2H3,(H,24,26). The van der Waals surface area contributed by atoms with Crippen molar-refractivity contribution in [1.29, 1.82) is 0 Å². The Balaban J connectivity index is 1.67. The Kier molecular flexibility index (Phi) is 4.53. The number of carbonyl (C=O) groups is 2. The molecule has 0 aromatic heterocycles. The van der Waals surface area contributed by atoms with Crippen LogP contribution < -0.4 is 15.0 Å². The molecule has 1 N–H and O–H groups in total. The van der Waals surface area contributed by atoms with Crippen molar-refractivity contribution in [3.63, 3.8) is 0 Å². The molecule has 1 aliphatic rings. The number of hydrogen-bond donors (Lipinski definition) is 1. The number of nitrogens with zero attached hydrogens (tertiary/aromatic N) is 1. The minimum absolute atomic E-state index is 0.210. The van der Waals surface area contributed by atoms with Gasteiger partial charge in [-0.1, -0.05) is 23.7 Å². The van der Waals surface area contributed by atoms with Crippen LogP contribution in [0.4, 0.5) is 11.4 Å². The van der Waals surface area contributed by atoms with Crippen LogP contribution in [0, 0.1) is 6.92 Å². The molecule has 1 aliphatic heterocycles. The number of anilines is 2. The molecule has 0 radical (unpaired) electrons. The topological polar surface area (TPSA) is 58.6 Å². The van der Waals surface area contributed by atoms with Crippen molar-refractivity contribution < 1.29 is 14.3 Å². The molecule has 0 unspecified atom stereocenters. The van der Waals surface area contributed by atoms with Gasteiger partial charge in [0.05, 0.1) is 11.3 Å². The Hall–Kier alpha value is -3.31. The SMILES string of the molecule is Cc1ccc2c(c1)N(C)C(=O)c1cc(NC(=O)c3cccc(Cl)c3)ccc1O2. The molecule has 3 aromatic carbocycles. The number of nitrogens with one attached hydrogen (secondary N) is 1. The smallest absolute Gasteiger partial charge is 0.261 e. The Bertz CT molecular complexity index is 1110. The van der Waals surface area contributed by atoms with Gasteiger partial charge in [-0.05, 0) is 61.0 Å². The van der Waals surface area contributed by atoms with Crippen LogP contribution in [-0.2, 0) is 0 Å². The first-order valence-electron chi connectivity index (χ1n) is 8.70. The molecule has 1 heterocycles. The maximum Gasteiger partial charge on any atom is 0.261 e. The van der Waals surface area contributed by atoms with E-state index in [4.69, 9.17) is 16.3 Å². The number of carbonyl (C=O) groups excluding carboxylic acids is 2. The molecular weight excluding hydrogens is 376 g/mol. The number of rotatable bonds is 2. The van der Waals surface area contributed by atoms with Crippen molar-refractivity contribution in [3.8, 4) is 11.5 Å². The van der Waals surface area contributed by atoms with E-state index in [2.05, 4.69) is 5.32 Å². The molecule has 5 nitrogen and oxygen atoms in total. The van der Waals surface area contributed by atoms with Crippen LogP contribution in [-0.4, -0.2) is 18.9 Å². The van der Waals surface area contributed by atoms with E-state index in [1.165, 1.54) is 0 Å². The van der Waals surface area contributed by atoms with Gasteiger partial charge in [-0.2, -0.15) is 0 Å². The average molecular weight is 393 g/mol. The van der Waals surface area contributed by atoms with E-state index >= 15 is 0 Å². The summed E-state index contributed by atoms with van der Waals surface area (Å²) in [6.07, 6.45) is 0. The first-order chi connectivity index (χ1) is 13.4. The minimum atomic E-state index is -0.309. The van der Waals surface area contributed by atoms with Crippen molar-refractivity contribution in [1.82, 2.24) is 0 Å². The van der Waals surface area contributed by atoms with E-state index in [-0.39, 0.29) is 11.8 Å². The molecule has 0 bridgehead atoms. The second-order valence-electron chi connectivity index (χ2n) is 6.61. The van der Waals surface area contributed by atoms with E-state index < -0.39 is 0 Å². The number of halogens is 1. The predicted molar refractivity (Wildman–Crippen MR) is 110 cm³/mol. The highest BCUT2D eigenvalue weighted by molar-refractivity contribution is 6.31. The zero-order valence-electron chi connectivity index (χ0n) is 15.3. The second kappa shape index (κ2) is 7.02. The molecule has 3 aromatic rings.